The number of amides is 1. The number of hydrogen-bond donors (Lipinski definition) is 1. The van der Waals surface area contributed by atoms with Crippen molar-refractivity contribution >= 4 is 23.3 Å². The Hall–Kier alpha value is -3.05. The molecule has 0 fully saturated rings. The topological polar surface area (TPSA) is 68.5 Å². The van der Waals surface area contributed by atoms with Gasteiger partial charge in [0.25, 0.3) is 5.91 Å². The van der Waals surface area contributed by atoms with Gasteiger partial charge in [-0.25, -0.2) is 0 Å². The van der Waals surface area contributed by atoms with Crippen LogP contribution in [0.2, 0.25) is 5.02 Å². The first-order chi connectivity index (χ1) is 13.0. The summed E-state index contributed by atoms with van der Waals surface area (Å²) >= 11 is 6.07. The van der Waals surface area contributed by atoms with Crippen LogP contribution in [0, 0.1) is 0 Å². The number of furan rings is 1. The molecule has 138 valence electrons. The Morgan fingerprint density at radius 2 is 1.78 bits per heavy atom. The highest BCUT2D eigenvalue weighted by atomic mass is 35.5. The zero-order valence-corrected chi connectivity index (χ0v) is 15.5. The van der Waals surface area contributed by atoms with Gasteiger partial charge >= 0.3 is 0 Å². The number of hydrogen-bond acceptors (Lipinski definition) is 4. The molecule has 0 saturated carbocycles. The Labute approximate surface area is 161 Å². The van der Waals surface area contributed by atoms with Gasteiger partial charge in [0.2, 0.25) is 0 Å². The van der Waals surface area contributed by atoms with Gasteiger partial charge in [-0.05, 0) is 55.0 Å². The van der Waals surface area contributed by atoms with Gasteiger partial charge < -0.3 is 14.5 Å². The molecule has 2 aromatic carbocycles. The summed E-state index contributed by atoms with van der Waals surface area (Å²) in [4.78, 5) is 23.5. The van der Waals surface area contributed by atoms with Crippen LogP contribution < -0.4 is 10.1 Å². The molecule has 0 bridgehead atoms. The van der Waals surface area contributed by atoms with Crippen LogP contribution in [0.15, 0.2) is 65.1 Å². The van der Waals surface area contributed by atoms with E-state index in [-0.39, 0.29) is 24.1 Å². The van der Waals surface area contributed by atoms with Gasteiger partial charge in [0.05, 0.1) is 0 Å². The molecule has 0 saturated heterocycles. The summed E-state index contributed by atoms with van der Waals surface area (Å²) in [7, 11) is 0. The van der Waals surface area contributed by atoms with E-state index in [2.05, 4.69) is 5.32 Å². The van der Waals surface area contributed by atoms with Crippen LogP contribution in [-0.2, 0) is 13.2 Å². The molecule has 1 amide bonds. The Morgan fingerprint density at radius 1 is 1.04 bits per heavy atom. The first kappa shape index (κ1) is 18.7. The minimum atomic E-state index is -0.327. The van der Waals surface area contributed by atoms with Crippen molar-refractivity contribution in [2.75, 3.05) is 0 Å². The maximum atomic E-state index is 12.2. The molecule has 3 rings (SSSR count). The van der Waals surface area contributed by atoms with Gasteiger partial charge in [0.1, 0.15) is 18.1 Å². The van der Waals surface area contributed by atoms with Crippen LogP contribution in [0.4, 0.5) is 0 Å². The number of rotatable bonds is 7. The van der Waals surface area contributed by atoms with Gasteiger partial charge in [-0.2, -0.15) is 0 Å². The number of ether oxygens (including phenoxy) is 1. The van der Waals surface area contributed by atoms with E-state index in [0.29, 0.717) is 28.6 Å². The molecule has 5 nitrogen and oxygen atoms in total. The molecule has 27 heavy (non-hydrogen) atoms. The highest BCUT2D eigenvalue weighted by Crippen LogP contribution is 2.17. The predicted molar refractivity (Wildman–Crippen MR) is 102 cm³/mol. The van der Waals surface area contributed by atoms with Crippen LogP contribution in [-0.4, -0.2) is 11.7 Å². The van der Waals surface area contributed by atoms with E-state index < -0.39 is 0 Å². The Kier molecular flexibility index (Phi) is 5.94. The molecular weight excluding hydrogens is 366 g/mol. The van der Waals surface area contributed by atoms with Gasteiger partial charge in [0, 0.05) is 17.1 Å². The minimum absolute atomic E-state index is 0.0000268. The molecular formula is C21H18ClNO4. The molecule has 0 atom stereocenters. The summed E-state index contributed by atoms with van der Waals surface area (Å²) in [5.74, 6) is 1.01. The first-order valence-electron chi connectivity index (χ1n) is 8.37. The minimum Gasteiger partial charge on any atom is -0.486 e. The quantitative estimate of drug-likeness (QED) is 0.603. The normalized spacial score (nSPS) is 10.4. The van der Waals surface area contributed by atoms with Crippen molar-refractivity contribution in [2.45, 2.75) is 20.1 Å². The van der Waals surface area contributed by atoms with E-state index in [1.54, 1.807) is 42.5 Å². The fourth-order valence-electron chi connectivity index (χ4n) is 2.42. The van der Waals surface area contributed by atoms with Crippen LogP contribution in [0.25, 0.3) is 0 Å². The molecule has 0 aliphatic carbocycles. The number of ketones is 1. The summed E-state index contributed by atoms with van der Waals surface area (Å²) < 4.78 is 11.1. The fourth-order valence-corrected chi connectivity index (χ4v) is 2.62. The second kappa shape index (κ2) is 8.56. The second-order valence-corrected chi connectivity index (χ2v) is 6.32. The lowest BCUT2D eigenvalue weighted by Crippen LogP contribution is -2.22. The predicted octanol–water partition coefficient (Wildman–Crippen LogP) is 4.64. The first-order valence-corrected chi connectivity index (χ1v) is 8.75. The van der Waals surface area contributed by atoms with E-state index in [9.17, 15) is 9.59 Å². The van der Waals surface area contributed by atoms with E-state index in [4.69, 9.17) is 20.8 Å². The van der Waals surface area contributed by atoms with Crippen LogP contribution in [0.5, 0.6) is 5.75 Å². The van der Waals surface area contributed by atoms with Crippen molar-refractivity contribution in [3.63, 3.8) is 0 Å². The van der Waals surface area contributed by atoms with Gasteiger partial charge in [0.15, 0.2) is 11.5 Å². The third-order valence-corrected chi connectivity index (χ3v) is 4.29. The summed E-state index contributed by atoms with van der Waals surface area (Å²) in [6.45, 7) is 2.00. The summed E-state index contributed by atoms with van der Waals surface area (Å²) in [6.07, 6.45) is 0. The number of carbonyl (C=O) groups excluding carboxylic acids is 2. The number of halogens is 1. The molecule has 1 heterocycles. The molecule has 3 aromatic rings. The monoisotopic (exact) mass is 383 g/mol. The molecule has 1 N–H and O–H groups in total. The average molecular weight is 384 g/mol. The number of carbonyl (C=O) groups is 2. The SMILES string of the molecule is CC(=O)c1ccc(OCc2ccc(C(=O)NCc3ccccc3Cl)o2)cc1. The van der Waals surface area contributed by atoms with Crippen molar-refractivity contribution in [3.8, 4) is 5.75 Å². The van der Waals surface area contributed by atoms with E-state index in [1.807, 2.05) is 18.2 Å². The maximum Gasteiger partial charge on any atom is 0.287 e. The zero-order chi connectivity index (χ0) is 19.2. The van der Waals surface area contributed by atoms with Crippen molar-refractivity contribution in [1.29, 1.82) is 0 Å². The highest BCUT2D eigenvalue weighted by Gasteiger charge is 2.12. The molecule has 0 radical (unpaired) electrons. The Balaban J connectivity index is 1.53. The second-order valence-electron chi connectivity index (χ2n) is 5.91. The molecule has 0 spiro atoms. The van der Waals surface area contributed by atoms with Gasteiger partial charge in [-0.3, -0.25) is 9.59 Å². The summed E-state index contributed by atoms with van der Waals surface area (Å²) in [6, 6.07) is 17.4. The summed E-state index contributed by atoms with van der Waals surface area (Å²) in [5, 5.41) is 3.37. The Morgan fingerprint density at radius 3 is 2.48 bits per heavy atom. The standard InChI is InChI=1S/C21H18ClNO4/c1-14(24)15-6-8-17(9-7-15)26-13-18-10-11-20(27-18)21(25)23-12-16-4-2-3-5-19(16)22/h2-11H,12-13H2,1H3,(H,23,25). The molecule has 6 heteroatoms. The van der Waals surface area contributed by atoms with Crippen molar-refractivity contribution in [2.24, 2.45) is 0 Å². The summed E-state index contributed by atoms with van der Waals surface area (Å²) in [5.41, 5.74) is 1.45. The Bertz CT molecular complexity index is 947. The highest BCUT2D eigenvalue weighted by molar-refractivity contribution is 6.31. The molecule has 1 aromatic heterocycles. The smallest absolute Gasteiger partial charge is 0.287 e. The van der Waals surface area contributed by atoms with Crippen molar-refractivity contribution < 1.29 is 18.7 Å². The van der Waals surface area contributed by atoms with Crippen LogP contribution in [0.1, 0.15) is 39.2 Å². The fraction of sp³-hybridized carbons (Fsp3) is 0.143. The lowest BCUT2D eigenvalue weighted by Gasteiger charge is -2.06. The van der Waals surface area contributed by atoms with Crippen LogP contribution in [0.3, 0.4) is 0 Å². The van der Waals surface area contributed by atoms with Gasteiger partial charge in [-0.1, -0.05) is 29.8 Å². The lowest BCUT2D eigenvalue weighted by molar-refractivity contribution is 0.0918. The van der Waals surface area contributed by atoms with E-state index >= 15 is 0 Å². The van der Waals surface area contributed by atoms with Crippen molar-refractivity contribution in [1.82, 2.24) is 5.32 Å². The molecule has 0 aliphatic heterocycles. The van der Waals surface area contributed by atoms with Gasteiger partial charge in [-0.15, -0.1) is 0 Å². The lowest BCUT2D eigenvalue weighted by atomic mass is 10.1. The largest absolute Gasteiger partial charge is 0.486 e. The maximum absolute atomic E-state index is 12.2. The number of benzene rings is 2. The molecule has 0 aliphatic rings. The van der Waals surface area contributed by atoms with E-state index in [0.717, 1.165) is 5.56 Å². The third kappa shape index (κ3) is 4.99. The molecule has 0 unspecified atom stereocenters. The van der Waals surface area contributed by atoms with E-state index in [1.165, 1.54) is 6.92 Å². The number of nitrogens with one attached hydrogen (secondary N) is 1. The zero-order valence-electron chi connectivity index (χ0n) is 14.7. The van der Waals surface area contributed by atoms with Crippen LogP contribution >= 0.6 is 11.6 Å². The number of Topliss-reactive ketones (excluding diaryl/α,β-unsaturated/α-hetero) is 1. The van der Waals surface area contributed by atoms with Crippen molar-refractivity contribution in [3.05, 3.63) is 88.3 Å². The average Bonchev–Trinajstić information content (AvgIpc) is 3.15. The third-order valence-electron chi connectivity index (χ3n) is 3.92.